The molecule has 134 valence electrons. The molecule has 0 aliphatic carbocycles. The molecule has 1 aliphatic heterocycles. The van der Waals surface area contributed by atoms with E-state index in [1.54, 1.807) is 0 Å². The standard InChI is InChI=1S/C21H23N3O2/c22-10-5-11-23-12-14-24(15-13-23)21(25)19-8-4-9-20(16-19)26-17-18-6-2-1-3-7-18/h1-4,6-9,16H,5,11-15,17H2. The van der Waals surface area contributed by atoms with Gasteiger partial charge in [0.1, 0.15) is 12.4 Å². The third-order valence-corrected chi connectivity index (χ3v) is 4.53. The normalized spacial score (nSPS) is 14.7. The van der Waals surface area contributed by atoms with Crippen LogP contribution in [0, 0.1) is 11.3 Å². The minimum Gasteiger partial charge on any atom is -0.489 e. The van der Waals surface area contributed by atoms with E-state index in [1.165, 1.54) is 0 Å². The Bertz CT molecular complexity index is 762. The van der Waals surface area contributed by atoms with Gasteiger partial charge >= 0.3 is 0 Å². The Morgan fingerprint density at radius 2 is 1.81 bits per heavy atom. The van der Waals surface area contributed by atoms with Crippen molar-refractivity contribution in [2.24, 2.45) is 0 Å². The molecule has 0 atom stereocenters. The van der Waals surface area contributed by atoms with Crippen molar-refractivity contribution in [1.29, 1.82) is 5.26 Å². The number of amides is 1. The molecule has 0 saturated carbocycles. The Labute approximate surface area is 154 Å². The number of carbonyl (C=O) groups is 1. The zero-order valence-corrected chi connectivity index (χ0v) is 14.8. The van der Waals surface area contributed by atoms with E-state index in [9.17, 15) is 4.79 Å². The molecule has 3 rings (SSSR count). The second kappa shape index (κ2) is 9.02. The number of benzene rings is 2. The van der Waals surface area contributed by atoms with Gasteiger partial charge in [-0.25, -0.2) is 0 Å². The van der Waals surface area contributed by atoms with Gasteiger partial charge in [-0.1, -0.05) is 36.4 Å². The van der Waals surface area contributed by atoms with Gasteiger partial charge in [0.15, 0.2) is 0 Å². The molecule has 2 aromatic carbocycles. The van der Waals surface area contributed by atoms with Gasteiger partial charge in [-0.15, -0.1) is 0 Å². The molecular weight excluding hydrogens is 326 g/mol. The smallest absolute Gasteiger partial charge is 0.254 e. The minimum absolute atomic E-state index is 0.0371. The lowest BCUT2D eigenvalue weighted by molar-refractivity contribution is 0.0639. The van der Waals surface area contributed by atoms with Crippen LogP contribution in [0.15, 0.2) is 54.6 Å². The highest BCUT2D eigenvalue weighted by molar-refractivity contribution is 5.94. The van der Waals surface area contributed by atoms with Crippen LogP contribution in [0.1, 0.15) is 22.3 Å². The van der Waals surface area contributed by atoms with Gasteiger partial charge in [-0.3, -0.25) is 9.69 Å². The number of nitrogens with zero attached hydrogens (tertiary/aromatic N) is 3. The van der Waals surface area contributed by atoms with Crippen molar-refractivity contribution < 1.29 is 9.53 Å². The molecule has 0 spiro atoms. The lowest BCUT2D eigenvalue weighted by Gasteiger charge is -2.34. The SMILES string of the molecule is N#CCCN1CCN(C(=O)c2cccc(OCc3ccccc3)c2)CC1. The maximum absolute atomic E-state index is 12.7. The predicted molar refractivity (Wildman–Crippen MR) is 99.8 cm³/mol. The Kier molecular flexibility index (Phi) is 6.24. The van der Waals surface area contributed by atoms with Crippen molar-refractivity contribution in [3.05, 3.63) is 65.7 Å². The van der Waals surface area contributed by atoms with Gasteiger partial charge in [-0.2, -0.15) is 5.26 Å². The van der Waals surface area contributed by atoms with Gasteiger partial charge < -0.3 is 9.64 Å². The topological polar surface area (TPSA) is 56.6 Å². The van der Waals surface area contributed by atoms with Crippen molar-refractivity contribution in [3.8, 4) is 11.8 Å². The van der Waals surface area contributed by atoms with Gasteiger partial charge in [0, 0.05) is 44.7 Å². The van der Waals surface area contributed by atoms with Crippen molar-refractivity contribution in [2.75, 3.05) is 32.7 Å². The molecular formula is C21H23N3O2. The molecule has 0 bridgehead atoms. The van der Waals surface area contributed by atoms with Crippen LogP contribution in [0.4, 0.5) is 0 Å². The number of rotatable bonds is 6. The first-order valence-electron chi connectivity index (χ1n) is 8.91. The van der Waals surface area contributed by atoms with Crippen molar-refractivity contribution >= 4 is 5.91 Å². The summed E-state index contributed by atoms with van der Waals surface area (Å²) in [4.78, 5) is 16.8. The number of hydrogen-bond acceptors (Lipinski definition) is 4. The molecule has 1 aliphatic rings. The first-order chi connectivity index (χ1) is 12.8. The second-order valence-corrected chi connectivity index (χ2v) is 6.34. The number of piperazine rings is 1. The number of carbonyl (C=O) groups excluding carboxylic acids is 1. The number of ether oxygens (including phenoxy) is 1. The Balaban J connectivity index is 1.56. The van der Waals surface area contributed by atoms with E-state index in [1.807, 2.05) is 59.5 Å². The average molecular weight is 349 g/mol. The molecule has 1 fully saturated rings. The van der Waals surface area contributed by atoms with Crippen molar-refractivity contribution in [2.45, 2.75) is 13.0 Å². The molecule has 0 N–H and O–H groups in total. The fourth-order valence-corrected chi connectivity index (χ4v) is 3.03. The van der Waals surface area contributed by atoms with E-state index >= 15 is 0 Å². The van der Waals surface area contributed by atoms with E-state index in [-0.39, 0.29) is 5.91 Å². The van der Waals surface area contributed by atoms with Gasteiger partial charge in [0.05, 0.1) is 6.07 Å². The molecule has 2 aromatic rings. The molecule has 1 amide bonds. The van der Waals surface area contributed by atoms with Gasteiger partial charge in [0.25, 0.3) is 5.91 Å². The minimum atomic E-state index is 0.0371. The molecule has 0 radical (unpaired) electrons. The third-order valence-electron chi connectivity index (χ3n) is 4.53. The summed E-state index contributed by atoms with van der Waals surface area (Å²) in [6.45, 7) is 4.28. The molecule has 1 saturated heterocycles. The maximum atomic E-state index is 12.7. The summed E-state index contributed by atoms with van der Waals surface area (Å²) in [5, 5.41) is 8.68. The molecule has 0 unspecified atom stereocenters. The Hall–Kier alpha value is -2.84. The first-order valence-corrected chi connectivity index (χ1v) is 8.91. The monoisotopic (exact) mass is 349 g/mol. The van der Waals surface area contributed by atoms with E-state index in [0.29, 0.717) is 37.4 Å². The van der Waals surface area contributed by atoms with E-state index < -0.39 is 0 Å². The highest BCUT2D eigenvalue weighted by atomic mass is 16.5. The summed E-state index contributed by atoms with van der Waals surface area (Å²) >= 11 is 0. The summed E-state index contributed by atoms with van der Waals surface area (Å²) in [5.74, 6) is 0.738. The summed E-state index contributed by atoms with van der Waals surface area (Å²) in [7, 11) is 0. The van der Waals surface area contributed by atoms with Gasteiger partial charge in [-0.05, 0) is 23.8 Å². The molecule has 5 heteroatoms. The quantitative estimate of drug-likeness (QED) is 0.805. The third kappa shape index (κ3) is 4.84. The number of nitriles is 1. The highest BCUT2D eigenvalue weighted by Gasteiger charge is 2.22. The first kappa shape index (κ1) is 18.0. The van der Waals surface area contributed by atoms with Crippen LogP contribution in [-0.2, 0) is 6.61 Å². The van der Waals surface area contributed by atoms with Crippen LogP contribution in [0.2, 0.25) is 0 Å². The largest absolute Gasteiger partial charge is 0.489 e. The maximum Gasteiger partial charge on any atom is 0.254 e. The van der Waals surface area contributed by atoms with E-state index in [4.69, 9.17) is 10.00 Å². The molecule has 26 heavy (non-hydrogen) atoms. The van der Waals surface area contributed by atoms with Crippen LogP contribution in [-0.4, -0.2) is 48.4 Å². The Morgan fingerprint density at radius 3 is 2.54 bits per heavy atom. The Morgan fingerprint density at radius 1 is 1.04 bits per heavy atom. The fraction of sp³-hybridized carbons (Fsp3) is 0.333. The lowest BCUT2D eigenvalue weighted by atomic mass is 10.1. The lowest BCUT2D eigenvalue weighted by Crippen LogP contribution is -2.48. The van der Waals surface area contributed by atoms with Crippen molar-refractivity contribution in [1.82, 2.24) is 9.80 Å². The van der Waals surface area contributed by atoms with Crippen LogP contribution < -0.4 is 4.74 Å². The molecule has 1 heterocycles. The molecule has 5 nitrogen and oxygen atoms in total. The fourth-order valence-electron chi connectivity index (χ4n) is 3.03. The van der Waals surface area contributed by atoms with Crippen molar-refractivity contribution in [3.63, 3.8) is 0 Å². The zero-order valence-electron chi connectivity index (χ0n) is 14.8. The summed E-state index contributed by atoms with van der Waals surface area (Å²) < 4.78 is 5.82. The second-order valence-electron chi connectivity index (χ2n) is 6.34. The van der Waals surface area contributed by atoms with Crippen LogP contribution in [0.25, 0.3) is 0 Å². The van der Waals surface area contributed by atoms with Crippen LogP contribution in [0.5, 0.6) is 5.75 Å². The van der Waals surface area contributed by atoms with Gasteiger partial charge in [0.2, 0.25) is 0 Å². The predicted octanol–water partition coefficient (Wildman–Crippen LogP) is 2.94. The van der Waals surface area contributed by atoms with Crippen LogP contribution >= 0.6 is 0 Å². The van der Waals surface area contributed by atoms with E-state index in [0.717, 1.165) is 25.2 Å². The summed E-state index contributed by atoms with van der Waals surface area (Å²) in [6.07, 6.45) is 0.536. The summed E-state index contributed by atoms with van der Waals surface area (Å²) in [6, 6.07) is 19.5. The van der Waals surface area contributed by atoms with Crippen LogP contribution in [0.3, 0.4) is 0 Å². The number of hydrogen-bond donors (Lipinski definition) is 0. The average Bonchev–Trinajstić information content (AvgIpc) is 2.71. The highest BCUT2D eigenvalue weighted by Crippen LogP contribution is 2.17. The molecule has 0 aromatic heterocycles. The van der Waals surface area contributed by atoms with E-state index in [2.05, 4.69) is 11.0 Å². The zero-order chi connectivity index (χ0) is 18.2. The summed E-state index contributed by atoms with van der Waals surface area (Å²) in [5.41, 5.74) is 1.75.